The molecule has 104 valence electrons. The zero-order valence-corrected chi connectivity index (χ0v) is 10.9. The molecule has 0 saturated heterocycles. The van der Waals surface area contributed by atoms with E-state index in [1.165, 1.54) is 16.8 Å². The van der Waals surface area contributed by atoms with Crippen LogP contribution in [0.3, 0.4) is 0 Å². The Bertz CT molecular complexity index is 663. The quantitative estimate of drug-likeness (QED) is 0.507. The Morgan fingerprint density at radius 3 is 2.75 bits per heavy atom. The summed E-state index contributed by atoms with van der Waals surface area (Å²) >= 11 is 0. The fourth-order valence-electron chi connectivity index (χ4n) is 1.84. The fraction of sp³-hybridized carbons (Fsp3) is 0.154. The highest BCUT2D eigenvalue weighted by atomic mass is 16.6. The second kappa shape index (κ2) is 5.43. The molecule has 1 amide bonds. The normalized spacial score (nSPS) is 10.2. The van der Waals surface area contributed by atoms with Gasteiger partial charge in [0.15, 0.2) is 0 Å². The van der Waals surface area contributed by atoms with Crippen LogP contribution in [0, 0.1) is 10.1 Å². The number of rotatable bonds is 4. The smallest absolute Gasteiger partial charge is 0.287 e. The molecule has 20 heavy (non-hydrogen) atoms. The number of nitrogen functional groups attached to an aromatic ring is 1. The predicted molar refractivity (Wildman–Crippen MR) is 75.6 cm³/mol. The maximum Gasteiger partial charge on any atom is 0.287 e. The zero-order chi connectivity index (χ0) is 14.7. The average Bonchev–Trinajstić information content (AvgIpc) is 2.85. The Labute approximate surface area is 115 Å². The van der Waals surface area contributed by atoms with Crippen LogP contribution in [0.15, 0.2) is 36.5 Å². The Morgan fingerprint density at radius 1 is 1.45 bits per heavy atom. The van der Waals surface area contributed by atoms with E-state index in [-0.39, 0.29) is 11.4 Å². The van der Waals surface area contributed by atoms with Gasteiger partial charge in [-0.1, -0.05) is 12.1 Å². The van der Waals surface area contributed by atoms with Gasteiger partial charge < -0.3 is 15.6 Å². The number of para-hydroxylation sites is 2. The lowest BCUT2D eigenvalue weighted by atomic mass is 10.2. The van der Waals surface area contributed by atoms with Crippen LogP contribution in [-0.4, -0.2) is 15.4 Å². The van der Waals surface area contributed by atoms with E-state index in [0.717, 1.165) is 0 Å². The number of aromatic nitrogens is 1. The van der Waals surface area contributed by atoms with E-state index in [2.05, 4.69) is 5.32 Å². The molecular formula is C13H14N4O3. The first-order valence-corrected chi connectivity index (χ1v) is 6.03. The van der Waals surface area contributed by atoms with Gasteiger partial charge in [-0.3, -0.25) is 14.9 Å². The molecule has 0 aliphatic heterocycles. The molecule has 0 atom stereocenters. The molecule has 2 aromatic rings. The third-order valence-electron chi connectivity index (χ3n) is 2.88. The summed E-state index contributed by atoms with van der Waals surface area (Å²) in [5, 5.41) is 13.4. The van der Waals surface area contributed by atoms with Crippen LogP contribution < -0.4 is 11.1 Å². The monoisotopic (exact) mass is 274 g/mol. The largest absolute Gasteiger partial charge is 0.397 e. The minimum Gasteiger partial charge on any atom is -0.397 e. The minimum absolute atomic E-state index is 0.113. The summed E-state index contributed by atoms with van der Waals surface area (Å²) in [6.45, 7) is 2.26. The lowest BCUT2D eigenvalue weighted by Crippen LogP contribution is -2.17. The number of nitro groups is 1. The highest BCUT2D eigenvalue weighted by Crippen LogP contribution is 2.20. The molecular weight excluding hydrogens is 260 g/mol. The number of amides is 1. The molecule has 7 heteroatoms. The van der Waals surface area contributed by atoms with Gasteiger partial charge >= 0.3 is 0 Å². The number of carbonyl (C=O) groups excluding carboxylic acids is 1. The lowest BCUT2D eigenvalue weighted by molar-refractivity contribution is -0.384. The van der Waals surface area contributed by atoms with Crippen molar-refractivity contribution in [2.45, 2.75) is 13.5 Å². The molecule has 0 aliphatic carbocycles. The minimum atomic E-state index is -0.528. The molecule has 0 spiro atoms. The van der Waals surface area contributed by atoms with Gasteiger partial charge in [0.1, 0.15) is 5.69 Å². The van der Waals surface area contributed by atoms with Gasteiger partial charge in [0, 0.05) is 12.6 Å². The van der Waals surface area contributed by atoms with Crippen LogP contribution in [0.2, 0.25) is 0 Å². The van der Waals surface area contributed by atoms with Gasteiger partial charge in [-0.15, -0.1) is 0 Å². The Balaban J connectivity index is 2.29. The van der Waals surface area contributed by atoms with Crippen molar-refractivity contribution in [3.63, 3.8) is 0 Å². The standard InChI is InChI=1S/C13H14N4O3/c1-2-16-8-9(17(19)20)7-12(16)13(18)15-11-6-4-3-5-10(11)14/h3-8H,2,14H2,1H3,(H,15,18). The first-order chi connectivity index (χ1) is 9.52. The summed E-state index contributed by atoms with van der Waals surface area (Å²) < 4.78 is 1.52. The van der Waals surface area contributed by atoms with Crippen molar-refractivity contribution in [3.05, 3.63) is 52.3 Å². The molecule has 0 aliphatic rings. The van der Waals surface area contributed by atoms with Crippen LogP contribution in [0.1, 0.15) is 17.4 Å². The zero-order valence-electron chi connectivity index (χ0n) is 10.9. The van der Waals surface area contributed by atoms with Gasteiger partial charge in [-0.25, -0.2) is 0 Å². The summed E-state index contributed by atoms with van der Waals surface area (Å²) in [7, 11) is 0. The molecule has 1 aromatic heterocycles. The Hall–Kier alpha value is -2.83. The highest BCUT2D eigenvalue weighted by molar-refractivity contribution is 6.05. The number of hydrogen-bond acceptors (Lipinski definition) is 4. The second-order valence-corrected chi connectivity index (χ2v) is 4.17. The van der Waals surface area contributed by atoms with Crippen LogP contribution in [0.5, 0.6) is 0 Å². The first-order valence-electron chi connectivity index (χ1n) is 6.03. The number of nitrogens with zero attached hydrogens (tertiary/aromatic N) is 2. The summed E-state index contributed by atoms with van der Waals surface area (Å²) in [6, 6.07) is 8.08. The molecule has 0 saturated carbocycles. The molecule has 1 aromatic carbocycles. The number of nitrogens with one attached hydrogen (secondary N) is 1. The topological polar surface area (TPSA) is 103 Å². The fourth-order valence-corrected chi connectivity index (χ4v) is 1.84. The van der Waals surface area contributed by atoms with Crippen LogP contribution in [0.25, 0.3) is 0 Å². The number of anilines is 2. The second-order valence-electron chi connectivity index (χ2n) is 4.17. The molecule has 0 fully saturated rings. The van der Waals surface area contributed by atoms with E-state index >= 15 is 0 Å². The van der Waals surface area contributed by atoms with Crippen molar-refractivity contribution >= 4 is 23.0 Å². The van der Waals surface area contributed by atoms with Crippen LogP contribution in [-0.2, 0) is 6.54 Å². The van der Waals surface area contributed by atoms with E-state index in [9.17, 15) is 14.9 Å². The molecule has 0 unspecified atom stereocenters. The summed E-state index contributed by atoms with van der Waals surface area (Å²) in [5.41, 5.74) is 6.76. The Kier molecular flexibility index (Phi) is 3.69. The van der Waals surface area contributed by atoms with Gasteiger partial charge in [0.25, 0.3) is 11.6 Å². The highest BCUT2D eigenvalue weighted by Gasteiger charge is 2.19. The van der Waals surface area contributed by atoms with Crippen LogP contribution in [0.4, 0.5) is 17.1 Å². The maximum absolute atomic E-state index is 12.2. The van der Waals surface area contributed by atoms with Gasteiger partial charge in [0.05, 0.1) is 22.5 Å². The SMILES string of the molecule is CCn1cc([N+](=O)[O-])cc1C(=O)Nc1ccccc1N. The van der Waals surface area contributed by atoms with E-state index in [4.69, 9.17) is 5.73 Å². The van der Waals surface area contributed by atoms with Crippen molar-refractivity contribution in [2.24, 2.45) is 0 Å². The van der Waals surface area contributed by atoms with E-state index in [1.807, 2.05) is 0 Å². The van der Waals surface area contributed by atoms with E-state index in [0.29, 0.717) is 17.9 Å². The number of carbonyl (C=O) groups is 1. The van der Waals surface area contributed by atoms with Crippen molar-refractivity contribution in [1.29, 1.82) is 0 Å². The Morgan fingerprint density at radius 2 is 2.15 bits per heavy atom. The number of nitrogens with two attached hydrogens (primary N) is 1. The molecule has 1 heterocycles. The third-order valence-corrected chi connectivity index (χ3v) is 2.88. The molecule has 2 rings (SSSR count). The third kappa shape index (κ3) is 2.61. The predicted octanol–water partition coefficient (Wildman–Crippen LogP) is 2.25. The van der Waals surface area contributed by atoms with E-state index < -0.39 is 10.8 Å². The number of benzene rings is 1. The van der Waals surface area contributed by atoms with Crippen LogP contribution >= 0.6 is 0 Å². The maximum atomic E-state index is 12.2. The van der Waals surface area contributed by atoms with Crippen molar-refractivity contribution in [1.82, 2.24) is 4.57 Å². The summed E-state index contributed by atoms with van der Waals surface area (Å²) in [6.07, 6.45) is 1.34. The molecule has 0 radical (unpaired) electrons. The summed E-state index contributed by atoms with van der Waals surface area (Å²) in [5.74, 6) is -0.433. The van der Waals surface area contributed by atoms with E-state index in [1.54, 1.807) is 31.2 Å². The first kappa shape index (κ1) is 13.6. The number of aryl methyl sites for hydroxylation is 1. The number of hydrogen-bond donors (Lipinski definition) is 2. The molecule has 3 N–H and O–H groups in total. The van der Waals surface area contributed by atoms with Crippen molar-refractivity contribution in [2.75, 3.05) is 11.1 Å². The van der Waals surface area contributed by atoms with Gasteiger partial charge in [-0.05, 0) is 19.1 Å². The van der Waals surface area contributed by atoms with Gasteiger partial charge in [0.2, 0.25) is 0 Å². The molecule has 7 nitrogen and oxygen atoms in total. The van der Waals surface area contributed by atoms with Gasteiger partial charge in [-0.2, -0.15) is 0 Å². The summed E-state index contributed by atoms with van der Waals surface area (Å²) in [4.78, 5) is 22.4. The lowest BCUT2D eigenvalue weighted by Gasteiger charge is -2.09. The van der Waals surface area contributed by atoms with Crippen molar-refractivity contribution < 1.29 is 9.72 Å². The molecule has 0 bridgehead atoms. The van der Waals surface area contributed by atoms with Crippen molar-refractivity contribution in [3.8, 4) is 0 Å². The average molecular weight is 274 g/mol.